The van der Waals surface area contributed by atoms with Crippen LogP contribution in [0.2, 0.25) is 0 Å². The highest BCUT2D eigenvalue weighted by molar-refractivity contribution is 6.14. The lowest BCUT2D eigenvalue weighted by Crippen LogP contribution is -2.35. The van der Waals surface area contributed by atoms with Crippen molar-refractivity contribution >= 4 is 23.9 Å². The number of cyclic esters (lactones) is 4. The van der Waals surface area contributed by atoms with Crippen molar-refractivity contribution in [2.45, 2.75) is 26.4 Å². The summed E-state index contributed by atoms with van der Waals surface area (Å²) < 4.78 is 19.1. The van der Waals surface area contributed by atoms with Crippen LogP contribution in [0, 0.1) is 5.41 Å². The summed E-state index contributed by atoms with van der Waals surface area (Å²) in [7, 11) is 0. The van der Waals surface area contributed by atoms with Gasteiger partial charge in [-0.15, -0.1) is 13.2 Å². The number of aliphatic hydroxyl groups excluding tert-OH is 5. The first-order chi connectivity index (χ1) is 20.0. The number of carbonyl (C=O) groups is 4. The Morgan fingerprint density at radius 3 is 1.48 bits per heavy atom. The fourth-order valence-electron chi connectivity index (χ4n) is 2.50. The second kappa shape index (κ2) is 25.2. The molecule has 13 nitrogen and oxygen atoms in total. The third-order valence-corrected chi connectivity index (χ3v) is 4.85. The summed E-state index contributed by atoms with van der Waals surface area (Å²) in [5.74, 6) is -2.26. The summed E-state index contributed by atoms with van der Waals surface area (Å²) in [6.45, 7) is 12.4. The molecule has 1 aromatic carbocycles. The summed E-state index contributed by atoms with van der Waals surface area (Å²) in [5, 5.41) is 40.6. The predicted molar refractivity (Wildman–Crippen MR) is 151 cm³/mol. The number of carbonyl (C=O) groups excluding carboxylic acids is 4. The highest BCUT2D eigenvalue weighted by Gasteiger charge is 2.29. The lowest BCUT2D eigenvalue weighted by atomic mass is 9.88. The molecule has 0 radical (unpaired) electrons. The van der Waals surface area contributed by atoms with Crippen LogP contribution in [0.3, 0.4) is 0 Å². The van der Waals surface area contributed by atoms with Gasteiger partial charge in [0.1, 0.15) is 0 Å². The van der Waals surface area contributed by atoms with Crippen molar-refractivity contribution in [1.82, 2.24) is 0 Å². The van der Waals surface area contributed by atoms with E-state index in [4.69, 9.17) is 29.9 Å². The average Bonchev–Trinajstić information content (AvgIpc) is 3.52. The molecule has 0 fully saturated rings. The number of fused-ring (bicyclic) bond motifs is 1. The van der Waals surface area contributed by atoms with E-state index in [2.05, 4.69) is 22.6 Å². The van der Waals surface area contributed by atoms with Gasteiger partial charge < -0.3 is 44.5 Å². The largest absolute Gasteiger partial charge is 0.396 e. The van der Waals surface area contributed by atoms with Crippen LogP contribution in [0.1, 0.15) is 41.0 Å². The van der Waals surface area contributed by atoms with Gasteiger partial charge in [-0.2, -0.15) is 0 Å². The first-order valence-electron chi connectivity index (χ1n) is 12.8. The van der Waals surface area contributed by atoms with E-state index < -0.39 is 30.0 Å². The van der Waals surface area contributed by atoms with E-state index in [1.165, 1.54) is 6.92 Å². The predicted octanol–water partition coefficient (Wildman–Crippen LogP) is 0.734. The standard InChI is InChI=1S/C12H22O3.C8H4O3.C4H2O3.C3H8O2.C2H6O2/c1-4-7-14-10-12(6-3,9-13)11-15-8-5-2;9-7-5-3-1-2-4-6(5)8(10)11-7;5-3-1-2-4(6)7-3;1-3(5)2-4;3-1-2-4/h4-5,13H,1-2,6-11H2,3H3;1-4H;1-2H;3-5H,2H2,1H3;3-4H,1-2H2. The number of hydrogen-bond acceptors (Lipinski definition) is 13. The molecule has 5 N–H and O–H groups in total. The summed E-state index contributed by atoms with van der Waals surface area (Å²) in [5.41, 5.74) is 0.418. The van der Waals surface area contributed by atoms with Crippen LogP contribution >= 0.6 is 0 Å². The number of esters is 4. The molecule has 0 saturated heterocycles. The zero-order chi connectivity index (χ0) is 32.4. The maximum Gasteiger partial charge on any atom is 0.346 e. The molecule has 0 aromatic heterocycles. The molecule has 236 valence electrons. The van der Waals surface area contributed by atoms with Gasteiger partial charge in [-0.1, -0.05) is 31.2 Å². The molecular formula is C29H42O13. The van der Waals surface area contributed by atoms with Crippen LogP contribution in [0.25, 0.3) is 0 Å². The molecule has 0 bridgehead atoms. The van der Waals surface area contributed by atoms with Gasteiger partial charge in [-0.05, 0) is 25.5 Å². The second-order valence-corrected chi connectivity index (χ2v) is 8.39. The van der Waals surface area contributed by atoms with E-state index in [0.717, 1.165) is 18.6 Å². The van der Waals surface area contributed by atoms with E-state index in [0.29, 0.717) is 37.6 Å². The quantitative estimate of drug-likeness (QED) is 0.0975. The second-order valence-electron chi connectivity index (χ2n) is 8.39. The molecule has 0 saturated carbocycles. The molecule has 3 rings (SSSR count). The summed E-state index contributed by atoms with van der Waals surface area (Å²) >= 11 is 0. The fraction of sp³-hybridized carbons (Fsp3) is 0.448. The Labute approximate surface area is 245 Å². The maximum absolute atomic E-state index is 10.8. The lowest BCUT2D eigenvalue weighted by molar-refractivity contribution is -0.150. The van der Waals surface area contributed by atoms with Gasteiger partial charge in [-0.3, -0.25) is 0 Å². The number of ether oxygens (including phenoxy) is 4. The molecule has 13 heteroatoms. The van der Waals surface area contributed by atoms with Crippen molar-refractivity contribution < 1.29 is 63.7 Å². The van der Waals surface area contributed by atoms with Crippen molar-refractivity contribution in [2.24, 2.45) is 5.41 Å². The molecule has 2 heterocycles. The van der Waals surface area contributed by atoms with Crippen molar-refractivity contribution in [2.75, 3.05) is 52.9 Å². The molecule has 0 amide bonds. The van der Waals surface area contributed by atoms with Crippen LogP contribution in [-0.4, -0.2) is 108 Å². The fourth-order valence-corrected chi connectivity index (χ4v) is 2.50. The van der Waals surface area contributed by atoms with Gasteiger partial charge in [0.15, 0.2) is 0 Å². The molecule has 1 aromatic rings. The van der Waals surface area contributed by atoms with Crippen molar-refractivity contribution in [3.63, 3.8) is 0 Å². The molecule has 2 aliphatic rings. The Morgan fingerprint density at radius 2 is 1.24 bits per heavy atom. The monoisotopic (exact) mass is 598 g/mol. The third kappa shape index (κ3) is 18.7. The Morgan fingerprint density at radius 1 is 0.833 bits per heavy atom. The van der Waals surface area contributed by atoms with Crippen LogP contribution in [0.5, 0.6) is 0 Å². The summed E-state index contributed by atoms with van der Waals surface area (Å²) in [6, 6.07) is 6.53. The SMILES string of the molecule is C=CCOCC(CC)(CO)COCC=C.CC(O)CO.O=C1C=CC(=O)O1.O=C1OC(=O)c2ccccc21.OCCO. The van der Waals surface area contributed by atoms with Gasteiger partial charge in [0.2, 0.25) is 0 Å². The molecule has 0 spiro atoms. The van der Waals surface area contributed by atoms with Crippen molar-refractivity contribution in [1.29, 1.82) is 0 Å². The number of benzene rings is 1. The molecule has 2 aliphatic heterocycles. The van der Waals surface area contributed by atoms with Crippen molar-refractivity contribution in [3.8, 4) is 0 Å². The highest BCUT2D eigenvalue weighted by Crippen LogP contribution is 2.22. The summed E-state index contributed by atoms with van der Waals surface area (Å²) in [6.07, 6.45) is 5.82. The molecule has 0 aliphatic carbocycles. The first kappa shape index (κ1) is 40.6. The zero-order valence-corrected chi connectivity index (χ0v) is 24.0. The van der Waals surface area contributed by atoms with Gasteiger partial charge in [0.05, 0.1) is 70.1 Å². The Hall–Kier alpha value is -3.56. The normalized spacial score (nSPS) is 13.3. The Balaban J connectivity index is 0. The third-order valence-electron chi connectivity index (χ3n) is 4.85. The van der Waals surface area contributed by atoms with E-state index in [-0.39, 0.29) is 31.8 Å². The minimum Gasteiger partial charge on any atom is -0.396 e. The van der Waals surface area contributed by atoms with Crippen LogP contribution in [0.4, 0.5) is 0 Å². The van der Waals surface area contributed by atoms with Gasteiger partial charge in [-0.25, -0.2) is 19.2 Å². The summed E-state index contributed by atoms with van der Waals surface area (Å²) in [4.78, 5) is 41.5. The van der Waals surface area contributed by atoms with Gasteiger partial charge in [0, 0.05) is 17.6 Å². The Bertz CT molecular complexity index is 914. The molecule has 1 atom stereocenters. The number of aliphatic hydroxyl groups is 5. The highest BCUT2D eigenvalue weighted by atomic mass is 16.6. The average molecular weight is 599 g/mol. The minimum absolute atomic E-state index is 0.0672. The zero-order valence-electron chi connectivity index (χ0n) is 24.0. The molecule has 1 unspecified atom stereocenters. The first-order valence-corrected chi connectivity index (χ1v) is 12.8. The van der Waals surface area contributed by atoms with Gasteiger partial charge >= 0.3 is 23.9 Å². The topological polar surface area (TPSA) is 206 Å². The van der Waals surface area contributed by atoms with E-state index in [1.807, 2.05) is 6.92 Å². The lowest BCUT2D eigenvalue weighted by Gasteiger charge is -2.29. The van der Waals surface area contributed by atoms with E-state index >= 15 is 0 Å². The van der Waals surface area contributed by atoms with Crippen LogP contribution < -0.4 is 0 Å². The number of rotatable bonds is 12. The number of hydrogen-bond donors (Lipinski definition) is 5. The maximum atomic E-state index is 10.8. The molecular weight excluding hydrogens is 556 g/mol. The van der Waals surface area contributed by atoms with Gasteiger partial charge in [0.25, 0.3) is 0 Å². The van der Waals surface area contributed by atoms with E-state index in [9.17, 15) is 24.3 Å². The van der Waals surface area contributed by atoms with Crippen LogP contribution in [0.15, 0.2) is 61.7 Å². The smallest absolute Gasteiger partial charge is 0.346 e. The van der Waals surface area contributed by atoms with Crippen molar-refractivity contribution in [3.05, 3.63) is 72.9 Å². The minimum atomic E-state index is -0.579. The Kier molecular flexibility index (Phi) is 24.3. The molecule has 42 heavy (non-hydrogen) atoms. The van der Waals surface area contributed by atoms with E-state index in [1.54, 1.807) is 36.4 Å². The van der Waals surface area contributed by atoms with Crippen LogP contribution in [-0.2, 0) is 28.5 Å².